The Labute approximate surface area is 132 Å². The molecule has 112 valence electrons. The lowest BCUT2D eigenvalue weighted by molar-refractivity contribution is -0.117. The van der Waals surface area contributed by atoms with E-state index in [1.165, 1.54) is 6.07 Å². The number of carbonyl (C=O) groups is 1. The summed E-state index contributed by atoms with van der Waals surface area (Å²) in [5.41, 5.74) is 5.81. The van der Waals surface area contributed by atoms with E-state index in [1.807, 2.05) is 4.90 Å². The lowest BCUT2D eigenvalue weighted by Crippen LogP contribution is -2.32. The molecule has 1 atom stereocenters. The van der Waals surface area contributed by atoms with Crippen LogP contribution in [0.4, 0.5) is 10.1 Å². The van der Waals surface area contributed by atoms with Crippen LogP contribution >= 0.6 is 28.3 Å². The van der Waals surface area contributed by atoms with Crippen molar-refractivity contribution >= 4 is 39.9 Å². The van der Waals surface area contributed by atoms with Gasteiger partial charge in [-0.05, 0) is 43.6 Å². The van der Waals surface area contributed by atoms with E-state index in [0.717, 1.165) is 19.5 Å². The zero-order valence-electron chi connectivity index (χ0n) is 10.9. The molecule has 1 aromatic carbocycles. The Morgan fingerprint density at radius 3 is 2.90 bits per heavy atom. The van der Waals surface area contributed by atoms with Crippen LogP contribution in [0.2, 0.25) is 0 Å². The number of nitrogens with zero attached hydrogens (tertiary/aromatic N) is 1. The fourth-order valence-electron chi connectivity index (χ4n) is 2.23. The molecule has 0 spiro atoms. The Balaban J connectivity index is 0.00000200. The number of hydrogen-bond donors (Lipinski definition) is 2. The number of rotatable bonds is 4. The van der Waals surface area contributed by atoms with Gasteiger partial charge in [-0.1, -0.05) is 15.9 Å². The lowest BCUT2D eigenvalue weighted by atomic mass is 10.1. The summed E-state index contributed by atoms with van der Waals surface area (Å²) >= 11 is 3.18. The summed E-state index contributed by atoms with van der Waals surface area (Å²) < 4.78 is 14.2. The van der Waals surface area contributed by atoms with Crippen molar-refractivity contribution < 1.29 is 9.18 Å². The van der Waals surface area contributed by atoms with Gasteiger partial charge in [0.25, 0.3) is 0 Å². The second-order valence-corrected chi connectivity index (χ2v) is 5.71. The Morgan fingerprint density at radius 1 is 1.55 bits per heavy atom. The molecule has 1 unspecified atom stereocenters. The number of halogens is 3. The van der Waals surface area contributed by atoms with Crippen LogP contribution in [-0.2, 0) is 4.79 Å². The summed E-state index contributed by atoms with van der Waals surface area (Å²) in [6.45, 7) is 2.65. The highest BCUT2D eigenvalue weighted by atomic mass is 79.9. The number of nitrogens with one attached hydrogen (secondary N) is 1. The molecule has 7 heteroatoms. The van der Waals surface area contributed by atoms with Crippen molar-refractivity contribution in [3.63, 3.8) is 0 Å². The maximum Gasteiger partial charge on any atom is 0.238 e. The molecular weight excluding hydrogens is 349 g/mol. The van der Waals surface area contributed by atoms with Crippen molar-refractivity contribution in [3.05, 3.63) is 28.5 Å². The molecule has 0 radical (unpaired) electrons. The van der Waals surface area contributed by atoms with Crippen LogP contribution in [0.5, 0.6) is 0 Å². The normalized spacial score (nSPS) is 18.6. The van der Waals surface area contributed by atoms with E-state index in [-0.39, 0.29) is 30.5 Å². The Morgan fingerprint density at radius 2 is 2.30 bits per heavy atom. The number of carbonyl (C=O) groups excluding carboxylic acids is 1. The third-order valence-electron chi connectivity index (χ3n) is 3.28. The number of anilines is 1. The minimum Gasteiger partial charge on any atom is -0.330 e. The molecule has 1 aliphatic heterocycles. The van der Waals surface area contributed by atoms with Crippen molar-refractivity contribution in [1.29, 1.82) is 0 Å². The van der Waals surface area contributed by atoms with Gasteiger partial charge in [-0.2, -0.15) is 0 Å². The Hall–Kier alpha value is -0.690. The number of amides is 1. The van der Waals surface area contributed by atoms with E-state index in [4.69, 9.17) is 5.73 Å². The van der Waals surface area contributed by atoms with Crippen molar-refractivity contribution in [3.8, 4) is 0 Å². The molecule has 4 nitrogen and oxygen atoms in total. The minimum atomic E-state index is -0.441. The Kier molecular flexibility index (Phi) is 6.88. The molecule has 1 aliphatic rings. The van der Waals surface area contributed by atoms with Crippen LogP contribution in [0, 0.1) is 11.7 Å². The first-order valence-electron chi connectivity index (χ1n) is 6.26. The van der Waals surface area contributed by atoms with Crippen LogP contribution in [0.15, 0.2) is 22.7 Å². The van der Waals surface area contributed by atoms with Crippen molar-refractivity contribution in [2.45, 2.75) is 6.42 Å². The molecule has 1 saturated heterocycles. The fraction of sp³-hybridized carbons (Fsp3) is 0.462. The lowest BCUT2D eigenvalue weighted by Gasteiger charge is -2.15. The van der Waals surface area contributed by atoms with Gasteiger partial charge < -0.3 is 11.1 Å². The van der Waals surface area contributed by atoms with Gasteiger partial charge in [0.1, 0.15) is 5.82 Å². The first-order valence-corrected chi connectivity index (χ1v) is 7.05. The predicted molar refractivity (Wildman–Crippen MR) is 83.6 cm³/mol. The third kappa shape index (κ3) is 4.70. The quantitative estimate of drug-likeness (QED) is 0.859. The van der Waals surface area contributed by atoms with E-state index in [2.05, 4.69) is 21.2 Å². The van der Waals surface area contributed by atoms with Gasteiger partial charge in [-0.3, -0.25) is 9.69 Å². The van der Waals surface area contributed by atoms with E-state index in [9.17, 15) is 9.18 Å². The predicted octanol–water partition coefficient (Wildman–Crippen LogP) is 2.23. The second-order valence-electron chi connectivity index (χ2n) is 4.80. The zero-order valence-corrected chi connectivity index (χ0v) is 13.3. The van der Waals surface area contributed by atoms with Crippen molar-refractivity contribution in [2.24, 2.45) is 11.7 Å². The highest BCUT2D eigenvalue weighted by Crippen LogP contribution is 2.20. The molecule has 0 aliphatic carbocycles. The fourth-order valence-corrected chi connectivity index (χ4v) is 2.57. The Bertz CT molecular complexity index is 475. The highest BCUT2D eigenvalue weighted by molar-refractivity contribution is 9.10. The SMILES string of the molecule is Cl.NCC1CCN(CC(=O)Nc2ccc(Br)cc2F)C1. The van der Waals surface area contributed by atoms with Crippen LogP contribution in [0.1, 0.15) is 6.42 Å². The van der Waals surface area contributed by atoms with Gasteiger partial charge in [0.15, 0.2) is 0 Å². The first-order chi connectivity index (χ1) is 9.08. The van der Waals surface area contributed by atoms with Crippen LogP contribution in [0.25, 0.3) is 0 Å². The third-order valence-corrected chi connectivity index (χ3v) is 3.77. The standard InChI is InChI=1S/C13H17BrFN3O.ClH/c14-10-1-2-12(11(15)5-10)17-13(19)8-18-4-3-9(6-16)7-18;/h1-2,5,9H,3-4,6-8,16H2,(H,17,19);1H. The summed E-state index contributed by atoms with van der Waals surface area (Å²) in [6.07, 6.45) is 1.02. The van der Waals surface area contributed by atoms with Crippen LogP contribution in [0.3, 0.4) is 0 Å². The average Bonchev–Trinajstić information content (AvgIpc) is 2.80. The summed E-state index contributed by atoms with van der Waals surface area (Å²) in [6, 6.07) is 4.57. The molecule has 1 heterocycles. The average molecular weight is 367 g/mol. The molecule has 1 fully saturated rings. The molecule has 20 heavy (non-hydrogen) atoms. The van der Waals surface area contributed by atoms with Gasteiger partial charge in [0.2, 0.25) is 5.91 Å². The van der Waals surface area contributed by atoms with Gasteiger partial charge >= 0.3 is 0 Å². The molecular formula is C13H18BrClFN3O. The summed E-state index contributed by atoms with van der Waals surface area (Å²) in [4.78, 5) is 13.9. The summed E-state index contributed by atoms with van der Waals surface area (Å²) in [5, 5.41) is 2.59. The van der Waals surface area contributed by atoms with Crippen LogP contribution < -0.4 is 11.1 Å². The molecule has 0 bridgehead atoms. The van der Waals surface area contributed by atoms with E-state index >= 15 is 0 Å². The summed E-state index contributed by atoms with van der Waals surface area (Å²) in [5.74, 6) is -0.167. The second kappa shape index (κ2) is 7.93. The molecule has 1 amide bonds. The highest BCUT2D eigenvalue weighted by Gasteiger charge is 2.23. The van der Waals surface area contributed by atoms with E-state index < -0.39 is 5.82 Å². The summed E-state index contributed by atoms with van der Waals surface area (Å²) in [7, 11) is 0. The first kappa shape index (κ1) is 17.4. The van der Waals surface area contributed by atoms with E-state index in [1.54, 1.807) is 12.1 Å². The number of benzene rings is 1. The van der Waals surface area contributed by atoms with Crippen LogP contribution in [-0.4, -0.2) is 37.0 Å². The molecule has 0 saturated carbocycles. The maximum atomic E-state index is 13.6. The monoisotopic (exact) mass is 365 g/mol. The van der Waals surface area contributed by atoms with Gasteiger partial charge in [-0.25, -0.2) is 4.39 Å². The zero-order chi connectivity index (χ0) is 13.8. The molecule has 2 rings (SSSR count). The molecule has 3 N–H and O–H groups in total. The molecule has 0 aromatic heterocycles. The minimum absolute atomic E-state index is 0. The van der Waals surface area contributed by atoms with Crippen molar-refractivity contribution in [2.75, 3.05) is 31.5 Å². The number of hydrogen-bond acceptors (Lipinski definition) is 3. The van der Waals surface area contributed by atoms with Gasteiger partial charge in [0, 0.05) is 11.0 Å². The largest absolute Gasteiger partial charge is 0.330 e. The van der Waals surface area contributed by atoms with Gasteiger partial charge in [-0.15, -0.1) is 12.4 Å². The van der Waals surface area contributed by atoms with E-state index in [0.29, 0.717) is 16.9 Å². The molecule has 1 aromatic rings. The number of nitrogens with two attached hydrogens (primary N) is 1. The maximum absolute atomic E-state index is 13.6. The smallest absolute Gasteiger partial charge is 0.238 e. The van der Waals surface area contributed by atoms with Crippen molar-refractivity contribution in [1.82, 2.24) is 4.90 Å². The number of likely N-dealkylation sites (tertiary alicyclic amines) is 1. The van der Waals surface area contributed by atoms with Gasteiger partial charge in [0.05, 0.1) is 12.2 Å². The topological polar surface area (TPSA) is 58.4 Å².